The first kappa shape index (κ1) is 19.0. The molecule has 0 bridgehead atoms. The van der Waals surface area contributed by atoms with Gasteiger partial charge in [0.25, 0.3) is 0 Å². The van der Waals surface area contributed by atoms with E-state index in [0.717, 1.165) is 13.0 Å². The quantitative estimate of drug-likeness (QED) is 0.403. The molecule has 0 unspecified atom stereocenters. The molecular formula is C17H28N4O2. The van der Waals surface area contributed by atoms with Crippen LogP contribution in [0.3, 0.4) is 0 Å². The van der Waals surface area contributed by atoms with Gasteiger partial charge < -0.3 is 20.3 Å². The van der Waals surface area contributed by atoms with Crippen molar-refractivity contribution in [3.8, 4) is 0 Å². The Hall–Kier alpha value is -2.08. The summed E-state index contributed by atoms with van der Waals surface area (Å²) in [5.41, 5.74) is 1.26. The van der Waals surface area contributed by atoms with Crippen LogP contribution in [0.25, 0.3) is 0 Å². The molecule has 1 aromatic rings. The number of hydrogen-bond donors (Lipinski definition) is 2. The van der Waals surface area contributed by atoms with E-state index in [1.165, 1.54) is 10.5 Å². The maximum atomic E-state index is 11.7. The molecule has 0 atom stereocenters. The van der Waals surface area contributed by atoms with E-state index in [0.29, 0.717) is 25.7 Å². The standard InChI is InChI=1S/C17H28N4O2/c1-4-23-13-12-19-17(20-14-16(22)21(2)3)18-11-10-15-8-6-5-7-9-15/h5-9H,4,10-14H2,1-3H3,(H2,18,19,20). The molecule has 1 rings (SSSR count). The van der Waals surface area contributed by atoms with E-state index in [4.69, 9.17) is 4.74 Å². The summed E-state index contributed by atoms with van der Waals surface area (Å²) in [5, 5.41) is 6.43. The topological polar surface area (TPSA) is 66.0 Å². The van der Waals surface area contributed by atoms with Crippen LogP contribution in [0.4, 0.5) is 0 Å². The van der Waals surface area contributed by atoms with E-state index in [2.05, 4.69) is 27.8 Å². The molecule has 0 fully saturated rings. The molecule has 128 valence electrons. The lowest BCUT2D eigenvalue weighted by Crippen LogP contribution is -2.41. The lowest BCUT2D eigenvalue weighted by Gasteiger charge is -2.14. The first-order valence-electron chi connectivity index (χ1n) is 7.97. The summed E-state index contributed by atoms with van der Waals surface area (Å²) in [4.78, 5) is 17.5. The highest BCUT2D eigenvalue weighted by molar-refractivity contribution is 5.84. The van der Waals surface area contributed by atoms with Crippen molar-refractivity contribution in [3.05, 3.63) is 35.9 Å². The second-order valence-corrected chi connectivity index (χ2v) is 5.24. The highest BCUT2D eigenvalue weighted by Gasteiger charge is 2.04. The fraction of sp³-hybridized carbons (Fsp3) is 0.529. The van der Waals surface area contributed by atoms with Crippen molar-refractivity contribution in [1.82, 2.24) is 15.5 Å². The summed E-state index contributed by atoms with van der Waals surface area (Å²) in [6.07, 6.45) is 0.897. The predicted octanol–water partition coefficient (Wildman–Crippen LogP) is 0.889. The molecule has 1 amide bonds. The summed E-state index contributed by atoms with van der Waals surface area (Å²) in [6, 6.07) is 10.2. The summed E-state index contributed by atoms with van der Waals surface area (Å²) in [6.45, 7) is 4.79. The summed E-state index contributed by atoms with van der Waals surface area (Å²) >= 11 is 0. The molecule has 0 radical (unpaired) electrons. The zero-order chi connectivity index (χ0) is 16.9. The third-order valence-electron chi connectivity index (χ3n) is 3.16. The van der Waals surface area contributed by atoms with Gasteiger partial charge in [-0.05, 0) is 18.9 Å². The highest BCUT2D eigenvalue weighted by atomic mass is 16.5. The van der Waals surface area contributed by atoms with Crippen LogP contribution in [0.15, 0.2) is 35.3 Å². The number of carbonyl (C=O) groups excluding carboxylic acids is 1. The van der Waals surface area contributed by atoms with Crippen molar-refractivity contribution in [3.63, 3.8) is 0 Å². The van der Waals surface area contributed by atoms with Gasteiger partial charge in [0.05, 0.1) is 6.61 Å². The molecule has 0 aromatic heterocycles. The first-order valence-corrected chi connectivity index (χ1v) is 7.97. The Kier molecular flexibility index (Phi) is 9.47. The van der Waals surface area contributed by atoms with Crippen LogP contribution in [0, 0.1) is 0 Å². The normalized spacial score (nSPS) is 11.2. The lowest BCUT2D eigenvalue weighted by molar-refractivity contribution is -0.127. The average Bonchev–Trinajstić information content (AvgIpc) is 2.56. The Morgan fingerprint density at radius 1 is 1.17 bits per heavy atom. The molecule has 0 saturated heterocycles. The van der Waals surface area contributed by atoms with E-state index in [-0.39, 0.29) is 12.5 Å². The van der Waals surface area contributed by atoms with E-state index in [1.54, 1.807) is 14.1 Å². The van der Waals surface area contributed by atoms with Gasteiger partial charge >= 0.3 is 0 Å². The van der Waals surface area contributed by atoms with Gasteiger partial charge in [-0.2, -0.15) is 0 Å². The van der Waals surface area contributed by atoms with Crippen LogP contribution in [0.2, 0.25) is 0 Å². The number of rotatable bonds is 9. The number of likely N-dealkylation sites (N-methyl/N-ethyl adjacent to an activating group) is 1. The molecule has 0 aliphatic heterocycles. The number of amides is 1. The van der Waals surface area contributed by atoms with E-state index in [1.807, 2.05) is 25.1 Å². The molecule has 6 heteroatoms. The molecule has 2 N–H and O–H groups in total. The van der Waals surface area contributed by atoms with Crippen molar-refractivity contribution < 1.29 is 9.53 Å². The second kappa shape index (κ2) is 11.5. The zero-order valence-corrected chi connectivity index (χ0v) is 14.3. The summed E-state index contributed by atoms with van der Waals surface area (Å²) in [7, 11) is 3.45. The Balaban J connectivity index is 2.45. The Morgan fingerprint density at radius 3 is 2.52 bits per heavy atom. The zero-order valence-electron chi connectivity index (χ0n) is 14.3. The van der Waals surface area contributed by atoms with E-state index >= 15 is 0 Å². The maximum absolute atomic E-state index is 11.7. The van der Waals surface area contributed by atoms with Crippen molar-refractivity contribution in [2.24, 2.45) is 4.99 Å². The van der Waals surface area contributed by atoms with Crippen molar-refractivity contribution >= 4 is 11.9 Å². The first-order chi connectivity index (χ1) is 11.1. The maximum Gasteiger partial charge on any atom is 0.243 e. The lowest BCUT2D eigenvalue weighted by atomic mass is 10.1. The molecule has 0 saturated carbocycles. The number of nitrogens with one attached hydrogen (secondary N) is 2. The smallest absolute Gasteiger partial charge is 0.243 e. The SMILES string of the molecule is CCOCCNC(=NCC(=O)N(C)C)NCCc1ccccc1. The largest absolute Gasteiger partial charge is 0.380 e. The van der Waals surface area contributed by atoms with Gasteiger partial charge in [0, 0.05) is 33.8 Å². The molecule has 0 heterocycles. The van der Waals surface area contributed by atoms with Gasteiger partial charge in [-0.1, -0.05) is 30.3 Å². The molecule has 0 aliphatic carbocycles. The van der Waals surface area contributed by atoms with Gasteiger partial charge in [-0.15, -0.1) is 0 Å². The third kappa shape index (κ3) is 8.83. The second-order valence-electron chi connectivity index (χ2n) is 5.24. The molecule has 6 nitrogen and oxygen atoms in total. The van der Waals surface area contributed by atoms with Crippen LogP contribution < -0.4 is 10.6 Å². The number of nitrogens with zero attached hydrogens (tertiary/aromatic N) is 2. The minimum Gasteiger partial charge on any atom is -0.380 e. The minimum absolute atomic E-state index is 0.0287. The monoisotopic (exact) mass is 320 g/mol. The Morgan fingerprint density at radius 2 is 1.87 bits per heavy atom. The number of benzene rings is 1. The van der Waals surface area contributed by atoms with Crippen LogP contribution in [-0.4, -0.2) is 63.7 Å². The summed E-state index contributed by atoms with van der Waals surface area (Å²) < 4.78 is 5.30. The minimum atomic E-state index is -0.0287. The third-order valence-corrected chi connectivity index (χ3v) is 3.16. The van der Waals surface area contributed by atoms with Gasteiger partial charge in [-0.3, -0.25) is 4.79 Å². The van der Waals surface area contributed by atoms with Crippen molar-refractivity contribution in [2.45, 2.75) is 13.3 Å². The number of hydrogen-bond acceptors (Lipinski definition) is 3. The predicted molar refractivity (Wildman–Crippen MR) is 93.6 cm³/mol. The number of guanidine groups is 1. The van der Waals surface area contributed by atoms with Crippen LogP contribution in [-0.2, 0) is 16.0 Å². The molecule has 1 aromatic carbocycles. The molecule has 0 spiro atoms. The molecule has 23 heavy (non-hydrogen) atoms. The fourth-order valence-corrected chi connectivity index (χ4v) is 1.82. The van der Waals surface area contributed by atoms with Gasteiger partial charge in [-0.25, -0.2) is 4.99 Å². The number of ether oxygens (including phenoxy) is 1. The fourth-order valence-electron chi connectivity index (χ4n) is 1.82. The van der Waals surface area contributed by atoms with Gasteiger partial charge in [0.1, 0.15) is 6.54 Å². The molecular weight excluding hydrogens is 292 g/mol. The number of carbonyl (C=O) groups is 1. The summed E-state index contributed by atoms with van der Waals surface area (Å²) in [5.74, 6) is 0.606. The average molecular weight is 320 g/mol. The van der Waals surface area contributed by atoms with Crippen molar-refractivity contribution in [2.75, 3.05) is 46.9 Å². The van der Waals surface area contributed by atoms with Crippen LogP contribution in [0.5, 0.6) is 0 Å². The number of aliphatic imine (C=N–C) groups is 1. The van der Waals surface area contributed by atoms with Crippen LogP contribution >= 0.6 is 0 Å². The Bertz CT molecular complexity index is 475. The van der Waals surface area contributed by atoms with Crippen LogP contribution in [0.1, 0.15) is 12.5 Å². The Labute approximate surface area is 138 Å². The van der Waals surface area contributed by atoms with Gasteiger partial charge in [0.15, 0.2) is 5.96 Å². The van der Waals surface area contributed by atoms with Crippen molar-refractivity contribution in [1.29, 1.82) is 0 Å². The van der Waals surface area contributed by atoms with E-state index < -0.39 is 0 Å². The van der Waals surface area contributed by atoms with Gasteiger partial charge in [0.2, 0.25) is 5.91 Å². The highest BCUT2D eigenvalue weighted by Crippen LogP contribution is 1.98. The van der Waals surface area contributed by atoms with E-state index in [9.17, 15) is 4.79 Å². The molecule has 0 aliphatic rings.